The van der Waals surface area contributed by atoms with Gasteiger partial charge in [-0.2, -0.15) is 0 Å². The molecule has 8 heteroatoms. The first-order valence-corrected chi connectivity index (χ1v) is 11.6. The summed E-state index contributed by atoms with van der Waals surface area (Å²) in [6.45, 7) is 3.71. The molecule has 7 nitrogen and oxygen atoms in total. The van der Waals surface area contributed by atoms with Gasteiger partial charge >= 0.3 is 0 Å². The monoisotopic (exact) mass is 448 g/mol. The van der Waals surface area contributed by atoms with E-state index >= 15 is 0 Å². The van der Waals surface area contributed by atoms with E-state index in [2.05, 4.69) is 10.0 Å². The number of rotatable bonds is 5. The van der Waals surface area contributed by atoms with Crippen molar-refractivity contribution in [3.63, 3.8) is 0 Å². The lowest BCUT2D eigenvalue weighted by Gasteiger charge is -2.11. The average molecular weight is 449 g/mol. The largest absolute Gasteiger partial charge is 0.355 e. The van der Waals surface area contributed by atoms with Gasteiger partial charge in [0.2, 0.25) is 0 Å². The van der Waals surface area contributed by atoms with E-state index in [1.165, 1.54) is 0 Å². The Morgan fingerprint density at radius 3 is 2.34 bits per heavy atom. The first kappa shape index (κ1) is 21.6. The van der Waals surface area contributed by atoms with Crippen LogP contribution in [0.3, 0.4) is 0 Å². The number of aromatic nitrogens is 2. The van der Waals surface area contributed by atoms with Crippen LogP contribution in [0.2, 0.25) is 0 Å². The van der Waals surface area contributed by atoms with Gasteiger partial charge in [0.25, 0.3) is 15.9 Å². The van der Waals surface area contributed by atoms with Crippen LogP contribution in [0.15, 0.2) is 65.6 Å². The smallest absolute Gasteiger partial charge is 0.262 e. The summed E-state index contributed by atoms with van der Waals surface area (Å²) >= 11 is 0. The Balaban J connectivity index is 1.67. The Kier molecular flexibility index (Phi) is 5.48. The number of amides is 1. The number of nitrogens with zero attached hydrogens (tertiary/aromatic N) is 2. The minimum atomic E-state index is -3.72. The molecule has 0 spiro atoms. The van der Waals surface area contributed by atoms with Gasteiger partial charge in [-0.05, 0) is 55.8 Å². The molecular formula is C24H24N4O3S. The van der Waals surface area contributed by atoms with Crippen molar-refractivity contribution < 1.29 is 13.2 Å². The van der Waals surface area contributed by atoms with E-state index in [4.69, 9.17) is 4.98 Å². The third-order valence-corrected chi connectivity index (χ3v) is 6.93. The summed E-state index contributed by atoms with van der Waals surface area (Å²) in [4.78, 5) is 16.7. The molecule has 0 aliphatic heterocycles. The zero-order valence-electron chi connectivity index (χ0n) is 18.3. The van der Waals surface area contributed by atoms with Crippen LogP contribution in [0.4, 0.5) is 5.69 Å². The van der Waals surface area contributed by atoms with E-state index < -0.39 is 10.0 Å². The van der Waals surface area contributed by atoms with Crippen LogP contribution in [0.5, 0.6) is 0 Å². The highest BCUT2D eigenvalue weighted by molar-refractivity contribution is 7.92. The van der Waals surface area contributed by atoms with Crippen molar-refractivity contribution in [2.75, 3.05) is 11.8 Å². The number of carbonyl (C=O) groups excluding carboxylic acids is 1. The fraction of sp³-hybridized carbons (Fsp3) is 0.167. The molecule has 0 bridgehead atoms. The third-order valence-electron chi connectivity index (χ3n) is 5.39. The highest BCUT2D eigenvalue weighted by atomic mass is 32.2. The van der Waals surface area contributed by atoms with Gasteiger partial charge in [0.15, 0.2) is 0 Å². The summed E-state index contributed by atoms with van der Waals surface area (Å²) in [5.74, 6) is 0.570. The number of anilines is 1. The molecule has 1 aromatic heterocycles. The molecule has 3 aromatic carbocycles. The molecule has 32 heavy (non-hydrogen) atoms. The first-order chi connectivity index (χ1) is 15.2. The zero-order chi connectivity index (χ0) is 23.0. The topological polar surface area (TPSA) is 93.1 Å². The van der Waals surface area contributed by atoms with Crippen LogP contribution in [0.1, 0.15) is 21.5 Å². The fourth-order valence-electron chi connectivity index (χ4n) is 3.75. The van der Waals surface area contributed by atoms with Crippen molar-refractivity contribution in [1.29, 1.82) is 0 Å². The maximum atomic E-state index is 12.9. The van der Waals surface area contributed by atoms with Crippen molar-refractivity contribution >= 4 is 32.7 Å². The van der Waals surface area contributed by atoms with Crippen LogP contribution in [-0.2, 0) is 17.1 Å². The van der Waals surface area contributed by atoms with Crippen molar-refractivity contribution in [3.8, 4) is 11.4 Å². The maximum Gasteiger partial charge on any atom is 0.262 e. The van der Waals surface area contributed by atoms with E-state index in [1.54, 1.807) is 50.4 Å². The lowest BCUT2D eigenvalue weighted by molar-refractivity contribution is 0.0963. The zero-order valence-corrected chi connectivity index (χ0v) is 19.1. The molecular weight excluding hydrogens is 424 g/mol. The van der Waals surface area contributed by atoms with Crippen molar-refractivity contribution in [2.45, 2.75) is 18.7 Å². The summed E-state index contributed by atoms with van der Waals surface area (Å²) in [6.07, 6.45) is 0. The Labute approximate surface area is 187 Å². The van der Waals surface area contributed by atoms with Gasteiger partial charge in [0, 0.05) is 25.2 Å². The molecule has 0 aliphatic rings. The molecule has 2 N–H and O–H groups in total. The van der Waals surface area contributed by atoms with Gasteiger partial charge in [-0.3, -0.25) is 9.52 Å². The molecule has 0 radical (unpaired) electrons. The van der Waals surface area contributed by atoms with Crippen LogP contribution in [0.25, 0.3) is 22.4 Å². The number of benzene rings is 3. The second-order valence-electron chi connectivity index (χ2n) is 7.73. The molecule has 0 aliphatic carbocycles. The van der Waals surface area contributed by atoms with Gasteiger partial charge in [-0.1, -0.05) is 29.8 Å². The first-order valence-electron chi connectivity index (χ1n) is 10.1. The lowest BCUT2D eigenvalue weighted by Crippen LogP contribution is -2.17. The minimum Gasteiger partial charge on any atom is -0.355 e. The number of nitrogens with one attached hydrogen (secondary N) is 2. The van der Waals surface area contributed by atoms with Crippen LogP contribution < -0.4 is 10.0 Å². The SMILES string of the molecule is CNC(=O)c1ccc(-c2nc3cc(NS(=O)(=O)c4ccc(C)cc4C)ccc3n2C)cc1. The number of carbonyl (C=O) groups is 1. The highest BCUT2D eigenvalue weighted by Crippen LogP contribution is 2.27. The standard InChI is InChI=1S/C24H24N4O3S/c1-15-5-12-22(16(2)13-15)32(30,31)27-19-10-11-21-20(14-19)26-23(28(21)4)17-6-8-18(9-7-17)24(29)25-3/h5-14,27H,1-4H3,(H,25,29). The average Bonchev–Trinajstić information content (AvgIpc) is 3.08. The Bertz CT molecular complexity index is 1440. The number of aryl methyl sites for hydroxylation is 3. The Morgan fingerprint density at radius 1 is 0.969 bits per heavy atom. The van der Waals surface area contributed by atoms with E-state index in [9.17, 15) is 13.2 Å². The van der Waals surface area contributed by atoms with Crippen LogP contribution in [-0.4, -0.2) is 30.9 Å². The number of hydrogen-bond donors (Lipinski definition) is 2. The molecule has 164 valence electrons. The molecule has 0 fully saturated rings. The van der Waals surface area contributed by atoms with E-state index in [0.717, 1.165) is 22.5 Å². The predicted molar refractivity (Wildman–Crippen MR) is 126 cm³/mol. The third kappa shape index (κ3) is 3.97. The lowest BCUT2D eigenvalue weighted by atomic mass is 10.1. The highest BCUT2D eigenvalue weighted by Gasteiger charge is 2.18. The second kappa shape index (κ2) is 8.12. The molecule has 0 saturated carbocycles. The number of sulfonamides is 1. The quantitative estimate of drug-likeness (QED) is 0.482. The number of hydrogen-bond acceptors (Lipinski definition) is 4. The summed E-state index contributed by atoms with van der Waals surface area (Å²) in [5, 5.41) is 2.60. The molecule has 1 heterocycles. The van der Waals surface area contributed by atoms with Gasteiger partial charge in [0.1, 0.15) is 5.82 Å². The molecule has 0 atom stereocenters. The molecule has 0 saturated heterocycles. The molecule has 4 aromatic rings. The second-order valence-corrected chi connectivity index (χ2v) is 9.38. The van der Waals surface area contributed by atoms with E-state index in [-0.39, 0.29) is 10.8 Å². The number of imidazole rings is 1. The Morgan fingerprint density at radius 2 is 1.69 bits per heavy atom. The summed E-state index contributed by atoms with van der Waals surface area (Å²) < 4.78 is 30.4. The van der Waals surface area contributed by atoms with E-state index in [1.807, 2.05) is 42.8 Å². The van der Waals surface area contributed by atoms with Gasteiger partial charge in [-0.15, -0.1) is 0 Å². The summed E-state index contributed by atoms with van der Waals surface area (Å²) in [7, 11) is -0.232. The molecule has 0 unspecified atom stereocenters. The predicted octanol–water partition coefficient (Wildman–Crippen LogP) is 4.02. The number of fused-ring (bicyclic) bond motifs is 1. The normalized spacial score (nSPS) is 11.5. The van der Waals surface area contributed by atoms with Gasteiger partial charge in [-0.25, -0.2) is 13.4 Å². The van der Waals surface area contributed by atoms with Crippen molar-refractivity contribution in [1.82, 2.24) is 14.9 Å². The summed E-state index contributed by atoms with van der Waals surface area (Å²) in [5.41, 5.74) is 5.10. The van der Waals surface area contributed by atoms with Gasteiger partial charge < -0.3 is 9.88 Å². The summed E-state index contributed by atoms with van der Waals surface area (Å²) in [6, 6.07) is 17.7. The van der Waals surface area contributed by atoms with Crippen LogP contribution >= 0.6 is 0 Å². The molecule has 1 amide bonds. The fourth-order valence-corrected chi connectivity index (χ4v) is 5.02. The Hall–Kier alpha value is -3.65. The van der Waals surface area contributed by atoms with E-state index in [0.29, 0.717) is 22.3 Å². The minimum absolute atomic E-state index is 0.151. The maximum absolute atomic E-state index is 12.9. The van der Waals surface area contributed by atoms with Crippen LogP contribution in [0, 0.1) is 13.8 Å². The van der Waals surface area contributed by atoms with Crippen molar-refractivity contribution in [2.24, 2.45) is 7.05 Å². The van der Waals surface area contributed by atoms with Gasteiger partial charge in [0.05, 0.1) is 21.6 Å². The van der Waals surface area contributed by atoms with Crippen molar-refractivity contribution in [3.05, 3.63) is 77.4 Å². The molecule has 4 rings (SSSR count).